The molecule has 0 spiro atoms. The fourth-order valence-electron chi connectivity index (χ4n) is 2.29. The Hall–Kier alpha value is -1.98. The molecule has 0 aliphatic heterocycles. The van der Waals surface area contributed by atoms with Crippen LogP contribution in [0.2, 0.25) is 5.02 Å². The van der Waals surface area contributed by atoms with Crippen LogP contribution in [0.15, 0.2) is 42.0 Å². The molecule has 21 heavy (non-hydrogen) atoms. The topological polar surface area (TPSA) is 63.1 Å². The third-order valence-electron chi connectivity index (χ3n) is 3.25. The minimum absolute atomic E-state index is 0.345. The third kappa shape index (κ3) is 2.89. The lowest BCUT2D eigenvalue weighted by molar-refractivity contribution is -0.138. The number of rotatable bonds is 4. The summed E-state index contributed by atoms with van der Waals surface area (Å²) in [5.41, 5.74) is 1.42. The molecule has 2 aromatic heterocycles. The van der Waals surface area contributed by atoms with E-state index in [-0.39, 0.29) is 0 Å². The molecule has 0 amide bonds. The smallest absolute Gasteiger partial charge is 0.312 e. The number of nitrogens with zero attached hydrogens (tertiary/aromatic N) is 2. The Morgan fingerprint density at radius 3 is 2.95 bits per heavy atom. The van der Waals surface area contributed by atoms with E-state index in [0.29, 0.717) is 17.1 Å². The molecule has 0 aliphatic rings. The summed E-state index contributed by atoms with van der Waals surface area (Å²) in [5, 5.41) is 12.9. The second kappa shape index (κ2) is 5.79. The highest BCUT2D eigenvalue weighted by Crippen LogP contribution is 2.29. The highest BCUT2D eigenvalue weighted by molar-refractivity contribution is 7.16. The van der Waals surface area contributed by atoms with Crippen molar-refractivity contribution in [2.75, 3.05) is 0 Å². The molecule has 2 heterocycles. The number of hydrogen-bond acceptors (Lipinski definition) is 4. The fourth-order valence-corrected chi connectivity index (χ4v) is 3.24. The summed E-state index contributed by atoms with van der Waals surface area (Å²) >= 11 is 7.43. The molecule has 4 nitrogen and oxygen atoms in total. The van der Waals surface area contributed by atoms with E-state index in [1.807, 2.05) is 23.6 Å². The van der Waals surface area contributed by atoms with Crippen molar-refractivity contribution >= 4 is 39.1 Å². The zero-order valence-corrected chi connectivity index (χ0v) is 12.4. The van der Waals surface area contributed by atoms with Gasteiger partial charge in [-0.1, -0.05) is 23.7 Å². The first kappa shape index (κ1) is 14.0. The van der Waals surface area contributed by atoms with E-state index in [9.17, 15) is 9.90 Å². The summed E-state index contributed by atoms with van der Waals surface area (Å²) in [6.45, 7) is 0. The zero-order chi connectivity index (χ0) is 14.8. The second-order valence-electron chi connectivity index (χ2n) is 4.62. The van der Waals surface area contributed by atoms with Gasteiger partial charge in [-0.2, -0.15) is 0 Å². The minimum atomic E-state index is -0.902. The fraction of sp³-hybridized carbons (Fsp3) is 0.133. The molecular weight excluding hydrogens is 308 g/mol. The largest absolute Gasteiger partial charge is 0.481 e. The normalized spacial score (nSPS) is 12.4. The van der Waals surface area contributed by atoms with Crippen LogP contribution in [0.5, 0.6) is 0 Å². The van der Waals surface area contributed by atoms with Crippen molar-refractivity contribution in [1.82, 2.24) is 9.97 Å². The number of aliphatic carboxylic acids is 1. The van der Waals surface area contributed by atoms with Gasteiger partial charge >= 0.3 is 5.97 Å². The molecule has 0 bridgehead atoms. The highest BCUT2D eigenvalue weighted by Gasteiger charge is 2.24. The molecule has 0 saturated carbocycles. The maximum absolute atomic E-state index is 11.7. The number of carbonyl (C=O) groups is 1. The SMILES string of the molecule is O=C(O)C(Cc1cccc(Cl)c1)c1ncnc2sccc12. The van der Waals surface area contributed by atoms with Gasteiger partial charge in [0.1, 0.15) is 17.1 Å². The van der Waals surface area contributed by atoms with Crippen LogP contribution < -0.4 is 0 Å². The molecule has 106 valence electrons. The van der Waals surface area contributed by atoms with E-state index in [1.165, 1.54) is 17.7 Å². The Balaban J connectivity index is 2.02. The van der Waals surface area contributed by atoms with E-state index in [1.54, 1.807) is 12.1 Å². The third-order valence-corrected chi connectivity index (χ3v) is 4.31. The van der Waals surface area contributed by atoms with E-state index in [4.69, 9.17) is 11.6 Å². The Morgan fingerprint density at radius 2 is 2.19 bits per heavy atom. The molecule has 1 aromatic carbocycles. The molecule has 1 N–H and O–H groups in total. The monoisotopic (exact) mass is 318 g/mol. The first-order valence-corrected chi connectivity index (χ1v) is 7.56. The van der Waals surface area contributed by atoms with Gasteiger partial charge in [-0.25, -0.2) is 9.97 Å². The minimum Gasteiger partial charge on any atom is -0.481 e. The van der Waals surface area contributed by atoms with E-state index < -0.39 is 11.9 Å². The van der Waals surface area contributed by atoms with Gasteiger partial charge < -0.3 is 5.11 Å². The summed E-state index contributed by atoms with van der Waals surface area (Å²) in [5.74, 6) is -1.62. The van der Waals surface area contributed by atoms with Gasteiger partial charge in [0.15, 0.2) is 0 Å². The van der Waals surface area contributed by atoms with E-state index >= 15 is 0 Å². The maximum Gasteiger partial charge on any atom is 0.312 e. The average molecular weight is 319 g/mol. The lowest BCUT2D eigenvalue weighted by Crippen LogP contribution is -2.16. The van der Waals surface area contributed by atoms with Crippen molar-refractivity contribution in [2.45, 2.75) is 12.3 Å². The van der Waals surface area contributed by atoms with Crippen LogP contribution in [0.3, 0.4) is 0 Å². The summed E-state index contributed by atoms with van der Waals surface area (Å²) in [7, 11) is 0. The average Bonchev–Trinajstić information content (AvgIpc) is 2.93. The van der Waals surface area contributed by atoms with Crippen molar-refractivity contribution in [3.63, 3.8) is 0 Å². The molecule has 0 saturated heterocycles. The van der Waals surface area contributed by atoms with Crippen LogP contribution in [-0.2, 0) is 11.2 Å². The number of thiophene rings is 1. The number of aromatic nitrogens is 2. The van der Waals surface area contributed by atoms with Crippen LogP contribution in [0.4, 0.5) is 0 Å². The first-order valence-electron chi connectivity index (χ1n) is 6.30. The number of halogens is 1. The number of carboxylic acid groups (broad SMARTS) is 1. The molecule has 0 fully saturated rings. The molecule has 6 heteroatoms. The molecule has 3 aromatic rings. The standard InChI is InChI=1S/C15H11ClN2O2S/c16-10-3-1-2-9(6-10)7-12(15(19)20)13-11-4-5-21-14(11)18-8-17-13/h1-6,8,12H,7H2,(H,19,20). The lowest BCUT2D eigenvalue weighted by atomic mass is 9.94. The van der Waals surface area contributed by atoms with Gasteiger partial charge in [0, 0.05) is 10.4 Å². The van der Waals surface area contributed by atoms with Gasteiger partial charge in [-0.3, -0.25) is 4.79 Å². The van der Waals surface area contributed by atoms with Crippen LogP contribution in [0.25, 0.3) is 10.2 Å². The predicted octanol–water partition coefficient (Wildman–Crippen LogP) is 3.76. The van der Waals surface area contributed by atoms with Gasteiger partial charge in [-0.15, -0.1) is 11.3 Å². The molecule has 1 unspecified atom stereocenters. The summed E-state index contributed by atoms with van der Waals surface area (Å²) in [6, 6.07) is 9.10. The first-order chi connectivity index (χ1) is 10.1. The highest BCUT2D eigenvalue weighted by atomic mass is 35.5. The Morgan fingerprint density at radius 1 is 1.33 bits per heavy atom. The number of hydrogen-bond donors (Lipinski definition) is 1. The van der Waals surface area contributed by atoms with Crippen molar-refractivity contribution in [2.24, 2.45) is 0 Å². The van der Waals surface area contributed by atoms with Crippen LogP contribution >= 0.6 is 22.9 Å². The molecule has 1 atom stereocenters. The van der Waals surface area contributed by atoms with Crippen molar-refractivity contribution in [3.05, 3.63) is 58.3 Å². The van der Waals surface area contributed by atoms with E-state index in [2.05, 4.69) is 9.97 Å². The van der Waals surface area contributed by atoms with Crippen LogP contribution in [0, 0.1) is 0 Å². The van der Waals surface area contributed by atoms with Crippen molar-refractivity contribution in [1.29, 1.82) is 0 Å². The number of carboxylic acids is 1. The predicted molar refractivity (Wildman–Crippen MR) is 82.9 cm³/mol. The maximum atomic E-state index is 11.7. The lowest BCUT2D eigenvalue weighted by Gasteiger charge is -2.13. The van der Waals surface area contributed by atoms with Crippen LogP contribution in [0.1, 0.15) is 17.2 Å². The quantitative estimate of drug-likeness (QED) is 0.795. The van der Waals surface area contributed by atoms with Crippen molar-refractivity contribution < 1.29 is 9.90 Å². The van der Waals surface area contributed by atoms with Gasteiger partial charge in [-0.05, 0) is 35.6 Å². The second-order valence-corrected chi connectivity index (χ2v) is 5.95. The molecular formula is C15H11ClN2O2S. The summed E-state index contributed by atoms with van der Waals surface area (Å²) in [4.78, 5) is 20.8. The number of benzene rings is 1. The number of fused-ring (bicyclic) bond motifs is 1. The zero-order valence-electron chi connectivity index (χ0n) is 10.9. The van der Waals surface area contributed by atoms with Gasteiger partial charge in [0.2, 0.25) is 0 Å². The summed E-state index contributed by atoms with van der Waals surface area (Å²) < 4.78 is 0. The van der Waals surface area contributed by atoms with E-state index in [0.717, 1.165) is 15.8 Å². The van der Waals surface area contributed by atoms with Crippen molar-refractivity contribution in [3.8, 4) is 0 Å². The Bertz CT molecular complexity index is 803. The Kier molecular flexibility index (Phi) is 3.86. The summed E-state index contributed by atoms with van der Waals surface area (Å²) in [6.07, 6.45) is 1.76. The van der Waals surface area contributed by atoms with Crippen LogP contribution in [-0.4, -0.2) is 21.0 Å². The van der Waals surface area contributed by atoms with Gasteiger partial charge in [0.05, 0.1) is 5.69 Å². The molecule has 3 rings (SSSR count). The molecule has 0 aliphatic carbocycles. The van der Waals surface area contributed by atoms with Gasteiger partial charge in [0.25, 0.3) is 0 Å². The molecule has 0 radical (unpaired) electrons. The Labute approximate surface area is 130 Å².